The number of amides is 1. The molecule has 0 unspecified atom stereocenters. The molecule has 4 rings (SSSR count). The maximum atomic E-state index is 13.0. The number of aromatic nitrogens is 2. The fourth-order valence-electron chi connectivity index (χ4n) is 4.22. The zero-order valence-electron chi connectivity index (χ0n) is 18.7. The highest BCUT2D eigenvalue weighted by Crippen LogP contribution is 2.23. The molecule has 1 fully saturated rings. The third-order valence-electron chi connectivity index (χ3n) is 6.01. The lowest BCUT2D eigenvalue weighted by Crippen LogP contribution is -2.48. The van der Waals surface area contributed by atoms with Gasteiger partial charge in [0.2, 0.25) is 0 Å². The second-order valence-corrected chi connectivity index (χ2v) is 8.77. The van der Waals surface area contributed by atoms with E-state index in [9.17, 15) is 14.9 Å². The summed E-state index contributed by atoms with van der Waals surface area (Å²) < 4.78 is 1.63. The van der Waals surface area contributed by atoms with E-state index < -0.39 is 4.92 Å². The van der Waals surface area contributed by atoms with Gasteiger partial charge in [0, 0.05) is 43.3 Å². The second kappa shape index (κ2) is 9.72. The van der Waals surface area contributed by atoms with Crippen molar-refractivity contribution in [3.63, 3.8) is 0 Å². The molecule has 2 aromatic carbocycles. The van der Waals surface area contributed by atoms with Crippen LogP contribution in [0.5, 0.6) is 0 Å². The van der Waals surface area contributed by atoms with Crippen molar-refractivity contribution in [2.24, 2.45) is 0 Å². The van der Waals surface area contributed by atoms with Gasteiger partial charge in [-0.2, -0.15) is 5.10 Å². The first-order valence-corrected chi connectivity index (χ1v) is 11.2. The largest absolute Gasteiger partial charge is 0.336 e. The molecule has 1 aliphatic rings. The smallest absolute Gasteiger partial charge is 0.312 e. The summed E-state index contributed by atoms with van der Waals surface area (Å²) in [5, 5.41) is 16.2. The molecule has 1 saturated heterocycles. The molecule has 2 heterocycles. The number of rotatable bonds is 6. The Morgan fingerprint density at radius 3 is 2.33 bits per heavy atom. The molecule has 0 bridgehead atoms. The molecule has 0 atom stereocenters. The monoisotopic (exact) mass is 467 g/mol. The lowest BCUT2D eigenvalue weighted by atomic mass is 10.1. The highest BCUT2D eigenvalue weighted by molar-refractivity contribution is 6.30. The Hall–Kier alpha value is -3.23. The van der Waals surface area contributed by atoms with E-state index in [0.717, 1.165) is 30.2 Å². The fraction of sp³-hybridized carbons (Fsp3) is 0.333. The van der Waals surface area contributed by atoms with Crippen LogP contribution in [0.15, 0.2) is 48.5 Å². The van der Waals surface area contributed by atoms with Crippen molar-refractivity contribution >= 4 is 23.2 Å². The summed E-state index contributed by atoms with van der Waals surface area (Å²) in [6.45, 7) is 7.55. The summed E-state index contributed by atoms with van der Waals surface area (Å²) in [6, 6.07) is 15.3. The third kappa shape index (κ3) is 5.23. The number of hydrogen-bond donors (Lipinski definition) is 0. The summed E-state index contributed by atoms with van der Waals surface area (Å²) in [7, 11) is 0. The molecule has 33 heavy (non-hydrogen) atoms. The molecule has 0 spiro atoms. The highest BCUT2D eigenvalue weighted by atomic mass is 35.5. The van der Waals surface area contributed by atoms with Crippen molar-refractivity contribution < 1.29 is 9.72 Å². The third-order valence-corrected chi connectivity index (χ3v) is 6.25. The maximum Gasteiger partial charge on any atom is 0.312 e. The predicted molar refractivity (Wildman–Crippen MR) is 127 cm³/mol. The van der Waals surface area contributed by atoms with E-state index in [4.69, 9.17) is 11.6 Å². The van der Waals surface area contributed by atoms with E-state index in [1.165, 1.54) is 5.56 Å². The topological polar surface area (TPSA) is 84.5 Å². The second-order valence-electron chi connectivity index (χ2n) is 8.33. The van der Waals surface area contributed by atoms with Crippen LogP contribution in [-0.2, 0) is 13.1 Å². The molecular formula is C24H26ClN5O3. The van der Waals surface area contributed by atoms with Crippen LogP contribution in [0.1, 0.15) is 32.9 Å². The Morgan fingerprint density at radius 2 is 1.73 bits per heavy atom. The van der Waals surface area contributed by atoms with Gasteiger partial charge in [0.25, 0.3) is 5.91 Å². The van der Waals surface area contributed by atoms with Crippen LogP contribution in [-0.4, -0.2) is 56.6 Å². The Bertz CT molecular complexity index is 1170. The van der Waals surface area contributed by atoms with Gasteiger partial charge in [0.1, 0.15) is 11.4 Å². The van der Waals surface area contributed by atoms with E-state index in [0.29, 0.717) is 36.6 Å². The minimum absolute atomic E-state index is 0.0192. The Kier molecular flexibility index (Phi) is 6.76. The molecule has 0 N–H and O–H groups in total. The summed E-state index contributed by atoms with van der Waals surface area (Å²) >= 11 is 6.08. The minimum Gasteiger partial charge on any atom is -0.336 e. The minimum atomic E-state index is -0.398. The van der Waals surface area contributed by atoms with Crippen LogP contribution in [0.25, 0.3) is 0 Å². The standard InChI is InChI=1S/C24H26ClN5O3/c1-17-23(30(32)33)18(2)29(26-17)16-19-6-8-21(9-7-19)24(31)28-12-10-27(11-13-28)15-20-4-3-5-22(25)14-20/h3-9,14H,10-13,15-16H2,1-2H3. The molecule has 0 radical (unpaired) electrons. The van der Waals surface area contributed by atoms with Gasteiger partial charge in [-0.25, -0.2) is 0 Å². The normalized spacial score (nSPS) is 14.5. The molecule has 1 amide bonds. The maximum absolute atomic E-state index is 13.0. The van der Waals surface area contributed by atoms with Gasteiger partial charge in [-0.1, -0.05) is 35.9 Å². The first kappa shape index (κ1) is 22.9. The molecule has 0 saturated carbocycles. The van der Waals surface area contributed by atoms with Crippen LogP contribution in [0.2, 0.25) is 5.02 Å². The lowest BCUT2D eigenvalue weighted by molar-refractivity contribution is -0.386. The van der Waals surface area contributed by atoms with Crippen LogP contribution in [0.4, 0.5) is 5.69 Å². The summed E-state index contributed by atoms with van der Waals surface area (Å²) in [5.41, 5.74) is 3.72. The van der Waals surface area contributed by atoms with Gasteiger partial charge >= 0.3 is 5.69 Å². The number of benzene rings is 2. The van der Waals surface area contributed by atoms with E-state index in [2.05, 4.69) is 16.1 Å². The Labute approximate surface area is 197 Å². The van der Waals surface area contributed by atoms with Gasteiger partial charge in [-0.3, -0.25) is 24.5 Å². The average Bonchev–Trinajstić information content (AvgIpc) is 3.07. The molecule has 8 nitrogen and oxygen atoms in total. The Morgan fingerprint density at radius 1 is 1.03 bits per heavy atom. The fourth-order valence-corrected chi connectivity index (χ4v) is 4.43. The first-order valence-electron chi connectivity index (χ1n) is 10.8. The lowest BCUT2D eigenvalue weighted by Gasteiger charge is -2.34. The average molecular weight is 468 g/mol. The van der Waals surface area contributed by atoms with Crippen LogP contribution < -0.4 is 0 Å². The summed E-state index contributed by atoms with van der Waals surface area (Å²) in [4.78, 5) is 28.0. The zero-order valence-corrected chi connectivity index (χ0v) is 19.5. The van der Waals surface area contributed by atoms with E-state index in [1.54, 1.807) is 18.5 Å². The summed E-state index contributed by atoms with van der Waals surface area (Å²) in [5.74, 6) is 0.0192. The molecule has 1 aliphatic heterocycles. The van der Waals surface area contributed by atoms with Gasteiger partial charge in [0.15, 0.2) is 0 Å². The van der Waals surface area contributed by atoms with Crippen molar-refractivity contribution in [3.05, 3.63) is 91.7 Å². The number of nitrogens with zero attached hydrogens (tertiary/aromatic N) is 5. The Balaban J connectivity index is 1.34. The van der Waals surface area contributed by atoms with E-state index in [-0.39, 0.29) is 11.6 Å². The van der Waals surface area contributed by atoms with Crippen molar-refractivity contribution in [2.45, 2.75) is 26.9 Å². The van der Waals surface area contributed by atoms with Crippen molar-refractivity contribution in [1.82, 2.24) is 19.6 Å². The SMILES string of the molecule is Cc1nn(Cc2ccc(C(=O)N3CCN(Cc4cccc(Cl)c4)CC3)cc2)c(C)c1[N+](=O)[O-]. The number of carbonyl (C=O) groups excluding carboxylic acids is 1. The van der Waals surface area contributed by atoms with Crippen molar-refractivity contribution in [1.29, 1.82) is 0 Å². The van der Waals surface area contributed by atoms with Gasteiger partial charge in [-0.15, -0.1) is 0 Å². The molecule has 3 aromatic rings. The predicted octanol–water partition coefficient (Wildman–Crippen LogP) is 4.07. The number of halogens is 1. The molecule has 172 valence electrons. The molecule has 1 aromatic heterocycles. The van der Waals surface area contributed by atoms with Crippen LogP contribution in [0, 0.1) is 24.0 Å². The van der Waals surface area contributed by atoms with Crippen molar-refractivity contribution in [3.8, 4) is 0 Å². The van der Waals surface area contributed by atoms with Gasteiger partial charge < -0.3 is 4.90 Å². The van der Waals surface area contributed by atoms with Gasteiger partial charge in [-0.05, 0) is 49.2 Å². The highest BCUT2D eigenvalue weighted by Gasteiger charge is 2.23. The van der Waals surface area contributed by atoms with Gasteiger partial charge in [0.05, 0.1) is 11.5 Å². The molecular weight excluding hydrogens is 442 g/mol. The number of carbonyl (C=O) groups is 1. The number of aryl methyl sites for hydroxylation is 1. The summed E-state index contributed by atoms with van der Waals surface area (Å²) in [6.07, 6.45) is 0. The quantitative estimate of drug-likeness (QED) is 0.403. The number of hydrogen-bond acceptors (Lipinski definition) is 5. The van der Waals surface area contributed by atoms with Crippen LogP contribution in [0.3, 0.4) is 0 Å². The van der Waals surface area contributed by atoms with Crippen molar-refractivity contribution in [2.75, 3.05) is 26.2 Å². The van der Waals surface area contributed by atoms with E-state index in [1.807, 2.05) is 47.4 Å². The van der Waals surface area contributed by atoms with E-state index >= 15 is 0 Å². The number of nitro groups is 1. The molecule has 9 heteroatoms. The first-order chi connectivity index (χ1) is 15.8. The van der Waals surface area contributed by atoms with Crippen LogP contribution >= 0.6 is 11.6 Å². The zero-order chi connectivity index (χ0) is 23.5. The number of piperazine rings is 1. The molecule has 0 aliphatic carbocycles.